The standard InChI is InChI=1S/C18H15F3N4O2S/c1-27-14-10-25(13-5-3-4-11(8-13)18(19,20)21)24-16(14)17(26)23-12-6-7-15(28-2)22-9-12/h3-10H,1-2H3,(H,23,26). The predicted molar refractivity (Wildman–Crippen MR) is 99.1 cm³/mol. The summed E-state index contributed by atoms with van der Waals surface area (Å²) in [4.78, 5) is 16.7. The molecule has 0 unspecified atom stereocenters. The number of ether oxygens (including phenoxy) is 1. The lowest BCUT2D eigenvalue weighted by molar-refractivity contribution is -0.137. The summed E-state index contributed by atoms with van der Waals surface area (Å²) in [6.07, 6.45) is 0.245. The molecule has 2 heterocycles. The Hall–Kier alpha value is -3.01. The summed E-state index contributed by atoms with van der Waals surface area (Å²) in [6, 6.07) is 8.06. The Labute approximate surface area is 162 Å². The van der Waals surface area contributed by atoms with Gasteiger partial charge in [0.2, 0.25) is 0 Å². The van der Waals surface area contributed by atoms with Gasteiger partial charge in [-0.2, -0.15) is 18.3 Å². The van der Waals surface area contributed by atoms with E-state index < -0.39 is 17.6 Å². The van der Waals surface area contributed by atoms with E-state index in [0.29, 0.717) is 5.69 Å². The molecule has 146 valence electrons. The predicted octanol–water partition coefficient (Wildman–Crippen LogP) is 4.27. The molecule has 0 radical (unpaired) electrons. The summed E-state index contributed by atoms with van der Waals surface area (Å²) >= 11 is 1.46. The average Bonchev–Trinajstić information content (AvgIpc) is 3.13. The molecule has 10 heteroatoms. The first-order chi connectivity index (χ1) is 13.3. The molecule has 2 aromatic heterocycles. The van der Waals surface area contributed by atoms with Gasteiger partial charge in [-0.05, 0) is 36.6 Å². The Balaban J connectivity index is 1.89. The van der Waals surface area contributed by atoms with E-state index in [2.05, 4.69) is 15.4 Å². The number of amides is 1. The smallest absolute Gasteiger partial charge is 0.416 e. The van der Waals surface area contributed by atoms with Gasteiger partial charge in [-0.15, -0.1) is 11.8 Å². The molecule has 0 saturated heterocycles. The average molecular weight is 408 g/mol. The maximum atomic E-state index is 12.9. The molecule has 0 spiro atoms. The molecule has 0 bridgehead atoms. The minimum absolute atomic E-state index is 0.0612. The van der Waals surface area contributed by atoms with E-state index in [9.17, 15) is 18.0 Å². The lowest BCUT2D eigenvalue weighted by atomic mass is 10.2. The van der Waals surface area contributed by atoms with Crippen molar-refractivity contribution in [2.24, 2.45) is 0 Å². The van der Waals surface area contributed by atoms with Crippen LogP contribution in [0.25, 0.3) is 5.69 Å². The Bertz CT molecular complexity index is 987. The van der Waals surface area contributed by atoms with Crippen molar-refractivity contribution in [2.45, 2.75) is 11.2 Å². The summed E-state index contributed by atoms with van der Waals surface area (Å²) < 4.78 is 45.1. The number of rotatable bonds is 5. The largest absolute Gasteiger partial charge is 0.493 e. The van der Waals surface area contributed by atoms with Gasteiger partial charge >= 0.3 is 6.18 Å². The highest BCUT2D eigenvalue weighted by Crippen LogP contribution is 2.31. The molecule has 0 atom stereocenters. The third-order valence-corrected chi connectivity index (χ3v) is 4.42. The topological polar surface area (TPSA) is 69.0 Å². The lowest BCUT2D eigenvalue weighted by Crippen LogP contribution is -2.14. The summed E-state index contributed by atoms with van der Waals surface area (Å²) in [6.45, 7) is 0. The molecule has 0 saturated carbocycles. The fraction of sp³-hybridized carbons (Fsp3) is 0.167. The first-order valence-corrected chi connectivity index (χ1v) is 9.17. The zero-order chi connectivity index (χ0) is 20.3. The van der Waals surface area contributed by atoms with Crippen molar-refractivity contribution in [3.8, 4) is 11.4 Å². The van der Waals surface area contributed by atoms with Crippen LogP contribution in [0.2, 0.25) is 0 Å². The van der Waals surface area contributed by atoms with Crippen LogP contribution in [0, 0.1) is 0 Å². The van der Waals surface area contributed by atoms with Crippen LogP contribution in [0.15, 0.2) is 53.8 Å². The highest BCUT2D eigenvalue weighted by Gasteiger charge is 2.30. The van der Waals surface area contributed by atoms with Gasteiger partial charge in [0.25, 0.3) is 5.91 Å². The molecule has 1 amide bonds. The fourth-order valence-electron chi connectivity index (χ4n) is 2.39. The molecule has 0 fully saturated rings. The number of anilines is 1. The van der Waals surface area contributed by atoms with Gasteiger partial charge in [-0.25, -0.2) is 9.67 Å². The maximum absolute atomic E-state index is 12.9. The van der Waals surface area contributed by atoms with Crippen molar-refractivity contribution in [3.63, 3.8) is 0 Å². The molecule has 3 aromatic rings. The van der Waals surface area contributed by atoms with E-state index in [4.69, 9.17) is 4.74 Å². The number of nitrogens with one attached hydrogen (secondary N) is 1. The van der Waals surface area contributed by atoms with E-state index in [0.717, 1.165) is 21.8 Å². The number of thioether (sulfide) groups is 1. The van der Waals surface area contributed by atoms with Crippen molar-refractivity contribution in [3.05, 3.63) is 60.0 Å². The number of hydrogen-bond acceptors (Lipinski definition) is 5. The van der Waals surface area contributed by atoms with Gasteiger partial charge in [-0.3, -0.25) is 4.79 Å². The van der Waals surface area contributed by atoms with Gasteiger partial charge in [0.15, 0.2) is 11.4 Å². The van der Waals surface area contributed by atoms with Crippen molar-refractivity contribution >= 4 is 23.4 Å². The number of methoxy groups -OCH3 is 1. The van der Waals surface area contributed by atoms with Crippen LogP contribution in [-0.4, -0.2) is 34.0 Å². The number of alkyl halides is 3. The Morgan fingerprint density at radius 1 is 1.25 bits per heavy atom. The highest BCUT2D eigenvalue weighted by molar-refractivity contribution is 7.98. The molecule has 3 rings (SSSR count). The van der Waals surface area contributed by atoms with Crippen molar-refractivity contribution in [1.82, 2.24) is 14.8 Å². The highest BCUT2D eigenvalue weighted by atomic mass is 32.2. The number of carbonyl (C=O) groups is 1. The number of pyridine rings is 1. The Morgan fingerprint density at radius 3 is 2.64 bits per heavy atom. The quantitative estimate of drug-likeness (QED) is 0.639. The van der Waals surface area contributed by atoms with Crippen LogP contribution >= 0.6 is 11.8 Å². The third kappa shape index (κ3) is 4.28. The van der Waals surface area contributed by atoms with Crippen molar-refractivity contribution in [1.29, 1.82) is 0 Å². The Kier molecular flexibility index (Phi) is 5.59. The van der Waals surface area contributed by atoms with E-state index in [-0.39, 0.29) is 17.1 Å². The van der Waals surface area contributed by atoms with Crippen molar-refractivity contribution in [2.75, 3.05) is 18.7 Å². The minimum Gasteiger partial charge on any atom is -0.493 e. The molecule has 28 heavy (non-hydrogen) atoms. The number of halogens is 3. The van der Waals surface area contributed by atoms with Crippen molar-refractivity contribution < 1.29 is 22.7 Å². The Morgan fingerprint density at radius 2 is 2.04 bits per heavy atom. The van der Waals surface area contributed by atoms with Gasteiger partial charge < -0.3 is 10.1 Å². The van der Waals surface area contributed by atoms with E-state index in [1.54, 1.807) is 12.1 Å². The number of nitrogens with zero attached hydrogens (tertiary/aromatic N) is 3. The van der Waals surface area contributed by atoms with Gasteiger partial charge in [0, 0.05) is 0 Å². The molecular weight excluding hydrogens is 393 g/mol. The van der Waals surface area contributed by atoms with Crippen LogP contribution in [-0.2, 0) is 6.18 Å². The second-order valence-corrected chi connectivity index (χ2v) is 6.41. The van der Waals surface area contributed by atoms with E-state index in [1.807, 2.05) is 6.26 Å². The van der Waals surface area contributed by atoms with Crippen LogP contribution < -0.4 is 10.1 Å². The monoisotopic (exact) mass is 408 g/mol. The molecule has 6 nitrogen and oxygen atoms in total. The first kappa shape index (κ1) is 19.7. The number of aromatic nitrogens is 3. The van der Waals surface area contributed by atoms with Crippen LogP contribution in [0.3, 0.4) is 0 Å². The number of carbonyl (C=O) groups excluding carboxylic acids is 1. The molecule has 1 N–H and O–H groups in total. The molecule has 0 aliphatic carbocycles. The third-order valence-electron chi connectivity index (χ3n) is 3.76. The van der Waals surface area contributed by atoms with E-state index in [1.165, 1.54) is 43.4 Å². The molecule has 0 aliphatic rings. The normalized spacial score (nSPS) is 11.3. The van der Waals surface area contributed by atoms with Gasteiger partial charge in [0.1, 0.15) is 0 Å². The molecule has 1 aromatic carbocycles. The number of hydrogen-bond donors (Lipinski definition) is 1. The minimum atomic E-state index is -4.48. The fourth-order valence-corrected chi connectivity index (χ4v) is 2.75. The summed E-state index contributed by atoms with van der Waals surface area (Å²) in [7, 11) is 1.35. The summed E-state index contributed by atoms with van der Waals surface area (Å²) in [5.74, 6) is -0.440. The summed E-state index contributed by atoms with van der Waals surface area (Å²) in [5.41, 5.74) is -0.268. The van der Waals surface area contributed by atoms with E-state index >= 15 is 0 Å². The second kappa shape index (κ2) is 7.93. The molecule has 0 aliphatic heterocycles. The van der Waals surface area contributed by atoms with Crippen LogP contribution in [0.4, 0.5) is 18.9 Å². The van der Waals surface area contributed by atoms with Gasteiger partial charge in [0.05, 0.1) is 41.5 Å². The zero-order valence-corrected chi connectivity index (χ0v) is 15.6. The second-order valence-electron chi connectivity index (χ2n) is 5.58. The summed E-state index contributed by atoms with van der Waals surface area (Å²) in [5, 5.41) is 7.53. The SMILES string of the molecule is COc1cn(-c2cccc(C(F)(F)F)c2)nc1C(=O)Nc1ccc(SC)nc1. The maximum Gasteiger partial charge on any atom is 0.416 e. The number of benzene rings is 1. The lowest BCUT2D eigenvalue weighted by Gasteiger charge is -2.08. The first-order valence-electron chi connectivity index (χ1n) is 7.94. The zero-order valence-electron chi connectivity index (χ0n) is 14.8. The van der Waals surface area contributed by atoms with Crippen LogP contribution in [0.1, 0.15) is 16.1 Å². The van der Waals surface area contributed by atoms with Gasteiger partial charge in [-0.1, -0.05) is 6.07 Å². The molecular formula is C18H15F3N4O2S. The van der Waals surface area contributed by atoms with Crippen LogP contribution in [0.5, 0.6) is 5.75 Å².